The molecule has 1 N–H and O–H groups in total. The van der Waals surface area contributed by atoms with Gasteiger partial charge in [-0.15, -0.1) is 11.3 Å². The Morgan fingerprint density at radius 1 is 1.32 bits per heavy atom. The summed E-state index contributed by atoms with van der Waals surface area (Å²) in [6.45, 7) is 5.59. The first kappa shape index (κ1) is 22.9. The van der Waals surface area contributed by atoms with Crippen molar-refractivity contribution < 1.29 is 19.0 Å². The van der Waals surface area contributed by atoms with E-state index in [0.29, 0.717) is 23.9 Å². The number of amidine groups is 1. The Kier molecular flexibility index (Phi) is 6.86. The SMILES string of the molecule is COc1cccc2c1N=CN1CC(CNC(=O)c3nccs3)(OCCCN3CCOCC3)N=C21. The lowest BCUT2D eigenvalue weighted by molar-refractivity contribution is -0.0387. The predicted octanol–water partition coefficient (Wildman–Crippen LogP) is 1.75. The van der Waals surface area contributed by atoms with Gasteiger partial charge in [0.05, 0.1) is 46.4 Å². The highest BCUT2D eigenvalue weighted by Crippen LogP contribution is 2.37. The van der Waals surface area contributed by atoms with Gasteiger partial charge in [-0.2, -0.15) is 0 Å². The summed E-state index contributed by atoms with van der Waals surface area (Å²) in [6, 6.07) is 5.78. The molecule has 1 atom stereocenters. The molecule has 1 fully saturated rings. The summed E-state index contributed by atoms with van der Waals surface area (Å²) in [6.07, 6.45) is 4.24. The molecule has 1 unspecified atom stereocenters. The number of benzene rings is 1. The van der Waals surface area contributed by atoms with E-state index in [-0.39, 0.29) is 12.5 Å². The van der Waals surface area contributed by atoms with Crippen LogP contribution in [-0.4, -0.2) is 98.2 Å². The molecule has 34 heavy (non-hydrogen) atoms. The zero-order valence-corrected chi connectivity index (χ0v) is 19.9. The number of hydrogen-bond donors (Lipinski definition) is 1. The molecule has 2 aromatic rings. The van der Waals surface area contributed by atoms with Crippen LogP contribution >= 0.6 is 11.3 Å². The Bertz CT molecular complexity index is 1070. The van der Waals surface area contributed by atoms with E-state index in [9.17, 15) is 4.79 Å². The second-order valence-electron chi connectivity index (χ2n) is 8.29. The molecular formula is C23H28N6O4S. The average Bonchev–Trinajstić information content (AvgIpc) is 3.54. The van der Waals surface area contributed by atoms with E-state index in [2.05, 4.69) is 20.2 Å². The molecule has 1 aromatic carbocycles. The topological polar surface area (TPSA) is 101 Å². The molecule has 10 nitrogen and oxygen atoms in total. The van der Waals surface area contributed by atoms with Gasteiger partial charge in [-0.25, -0.2) is 15.0 Å². The van der Waals surface area contributed by atoms with Crippen LogP contribution in [0, 0.1) is 0 Å². The van der Waals surface area contributed by atoms with Gasteiger partial charge in [0.2, 0.25) is 0 Å². The van der Waals surface area contributed by atoms with E-state index < -0.39 is 5.72 Å². The number of morpholine rings is 1. The Labute approximate surface area is 202 Å². The summed E-state index contributed by atoms with van der Waals surface area (Å²) >= 11 is 1.30. The number of carbonyl (C=O) groups excluding carboxylic acids is 1. The second kappa shape index (κ2) is 10.2. The quantitative estimate of drug-likeness (QED) is 0.541. The lowest BCUT2D eigenvalue weighted by Gasteiger charge is -2.29. The van der Waals surface area contributed by atoms with Crippen LogP contribution in [0.1, 0.15) is 21.8 Å². The van der Waals surface area contributed by atoms with Crippen LogP contribution in [0.2, 0.25) is 0 Å². The normalized spacial score (nSPS) is 21.7. The van der Waals surface area contributed by atoms with Gasteiger partial charge in [0, 0.05) is 36.8 Å². The van der Waals surface area contributed by atoms with Gasteiger partial charge in [0.1, 0.15) is 17.3 Å². The molecule has 1 saturated heterocycles. The maximum absolute atomic E-state index is 12.6. The lowest BCUT2D eigenvalue weighted by atomic mass is 10.1. The molecule has 3 aliphatic rings. The number of para-hydroxylation sites is 1. The van der Waals surface area contributed by atoms with Crippen molar-refractivity contribution in [1.82, 2.24) is 20.1 Å². The van der Waals surface area contributed by atoms with Crippen LogP contribution in [0.5, 0.6) is 5.75 Å². The third-order valence-corrected chi connectivity index (χ3v) is 6.80. The maximum atomic E-state index is 12.6. The number of carbonyl (C=O) groups is 1. The summed E-state index contributed by atoms with van der Waals surface area (Å²) in [4.78, 5) is 30.6. The maximum Gasteiger partial charge on any atom is 0.280 e. The highest BCUT2D eigenvalue weighted by atomic mass is 32.1. The zero-order chi connectivity index (χ0) is 23.4. The smallest absolute Gasteiger partial charge is 0.280 e. The zero-order valence-electron chi connectivity index (χ0n) is 19.1. The first-order valence-corrected chi connectivity index (χ1v) is 12.3. The molecule has 5 rings (SSSR count). The Hall–Kier alpha value is -2.86. The number of thiazole rings is 1. The fraction of sp³-hybridized carbons (Fsp3) is 0.478. The van der Waals surface area contributed by atoms with Crippen molar-refractivity contribution in [3.63, 3.8) is 0 Å². The van der Waals surface area contributed by atoms with E-state index in [1.807, 2.05) is 23.1 Å². The molecular weight excluding hydrogens is 456 g/mol. The Morgan fingerprint density at radius 2 is 2.21 bits per heavy atom. The third-order valence-electron chi connectivity index (χ3n) is 6.03. The summed E-state index contributed by atoms with van der Waals surface area (Å²) in [5.74, 6) is 1.23. The van der Waals surface area contributed by atoms with Crippen molar-refractivity contribution in [1.29, 1.82) is 0 Å². The fourth-order valence-electron chi connectivity index (χ4n) is 4.30. The predicted molar refractivity (Wildman–Crippen MR) is 129 cm³/mol. The number of aromatic nitrogens is 1. The summed E-state index contributed by atoms with van der Waals surface area (Å²) in [5, 5.41) is 5.17. The number of methoxy groups -OCH3 is 1. The number of amides is 1. The monoisotopic (exact) mass is 484 g/mol. The Balaban J connectivity index is 1.33. The molecule has 0 spiro atoms. The van der Waals surface area contributed by atoms with Crippen LogP contribution in [0.3, 0.4) is 0 Å². The molecule has 0 saturated carbocycles. The van der Waals surface area contributed by atoms with Gasteiger partial charge < -0.3 is 24.4 Å². The van der Waals surface area contributed by atoms with Crippen LogP contribution in [-0.2, 0) is 9.47 Å². The van der Waals surface area contributed by atoms with Crippen molar-refractivity contribution in [2.45, 2.75) is 12.1 Å². The van der Waals surface area contributed by atoms with E-state index in [1.54, 1.807) is 25.0 Å². The molecule has 180 valence electrons. The second-order valence-corrected chi connectivity index (χ2v) is 9.18. The number of aliphatic imine (C=N–C) groups is 2. The minimum atomic E-state index is -0.927. The number of hydrogen-bond acceptors (Lipinski definition) is 10. The van der Waals surface area contributed by atoms with Crippen molar-refractivity contribution in [3.05, 3.63) is 40.3 Å². The summed E-state index contributed by atoms with van der Waals surface area (Å²) in [5.41, 5.74) is 0.700. The molecule has 0 radical (unpaired) electrons. The summed E-state index contributed by atoms with van der Waals surface area (Å²) < 4.78 is 17.3. The number of rotatable bonds is 9. The molecule has 4 heterocycles. The minimum absolute atomic E-state index is 0.230. The minimum Gasteiger partial charge on any atom is -0.494 e. The van der Waals surface area contributed by atoms with Gasteiger partial charge in [-0.05, 0) is 18.6 Å². The molecule has 1 amide bonds. The Morgan fingerprint density at radius 3 is 3.00 bits per heavy atom. The largest absolute Gasteiger partial charge is 0.494 e. The van der Waals surface area contributed by atoms with Crippen LogP contribution in [0.4, 0.5) is 5.69 Å². The van der Waals surface area contributed by atoms with Crippen molar-refractivity contribution in [3.8, 4) is 5.75 Å². The number of ether oxygens (including phenoxy) is 3. The average molecular weight is 485 g/mol. The van der Waals surface area contributed by atoms with Crippen molar-refractivity contribution in [2.24, 2.45) is 9.98 Å². The molecule has 1 aromatic heterocycles. The first-order chi connectivity index (χ1) is 16.7. The van der Waals surface area contributed by atoms with Gasteiger partial charge in [-0.3, -0.25) is 9.69 Å². The molecule has 0 aliphatic carbocycles. The van der Waals surface area contributed by atoms with Gasteiger partial charge >= 0.3 is 0 Å². The van der Waals surface area contributed by atoms with Crippen molar-refractivity contribution >= 4 is 35.1 Å². The molecule has 3 aliphatic heterocycles. The summed E-state index contributed by atoms with van der Waals surface area (Å²) in [7, 11) is 1.63. The first-order valence-electron chi connectivity index (χ1n) is 11.4. The van der Waals surface area contributed by atoms with Gasteiger partial charge in [0.25, 0.3) is 5.91 Å². The van der Waals surface area contributed by atoms with E-state index >= 15 is 0 Å². The van der Waals surface area contributed by atoms with Gasteiger partial charge in [0.15, 0.2) is 10.7 Å². The molecule has 0 bridgehead atoms. The highest BCUT2D eigenvalue weighted by molar-refractivity contribution is 7.11. The van der Waals surface area contributed by atoms with Crippen LogP contribution in [0.15, 0.2) is 39.8 Å². The van der Waals surface area contributed by atoms with E-state index in [4.69, 9.17) is 19.2 Å². The number of nitrogens with zero attached hydrogens (tertiary/aromatic N) is 5. The number of nitrogens with one attached hydrogen (secondary N) is 1. The standard InChI is InChI=1S/C23H28N6O4S/c1-31-18-5-2-4-17-19(18)26-16-29-15-23(27-20(17)29,14-25-21(30)22-24-6-13-34-22)33-10-3-7-28-8-11-32-12-9-28/h2,4-6,13,16H,3,7-12,14-15H2,1H3,(H,25,30). The third kappa shape index (κ3) is 4.83. The highest BCUT2D eigenvalue weighted by Gasteiger charge is 2.43. The van der Waals surface area contributed by atoms with Crippen molar-refractivity contribution in [2.75, 3.05) is 59.7 Å². The van der Waals surface area contributed by atoms with E-state index in [0.717, 1.165) is 56.4 Å². The number of fused-ring (bicyclic) bond motifs is 3. The van der Waals surface area contributed by atoms with E-state index in [1.165, 1.54) is 11.3 Å². The van der Waals surface area contributed by atoms with Crippen LogP contribution in [0.25, 0.3) is 0 Å². The van der Waals surface area contributed by atoms with Gasteiger partial charge in [-0.1, -0.05) is 6.07 Å². The molecule has 11 heteroatoms. The fourth-order valence-corrected chi connectivity index (χ4v) is 4.85. The lowest BCUT2D eigenvalue weighted by Crippen LogP contribution is -2.48. The van der Waals surface area contributed by atoms with Crippen LogP contribution < -0.4 is 10.1 Å².